The molecular weight excluding hydrogens is 534 g/mol. The van der Waals surface area contributed by atoms with Gasteiger partial charge in [0, 0.05) is 38.4 Å². The van der Waals surface area contributed by atoms with Gasteiger partial charge in [0.2, 0.25) is 0 Å². The Labute approximate surface area is 235 Å². The maximum absolute atomic E-state index is 11.9. The zero-order valence-electron chi connectivity index (χ0n) is 22.3. The minimum Gasteiger partial charge on any atom is -0.480 e. The van der Waals surface area contributed by atoms with Gasteiger partial charge >= 0.3 is 23.9 Å². The zero-order chi connectivity index (χ0) is 29.9. The molecule has 0 aliphatic carbocycles. The lowest BCUT2D eigenvalue weighted by Gasteiger charge is -2.34. The molecule has 13 heteroatoms. The number of carboxylic acid groups (broad SMARTS) is 4. The maximum Gasteiger partial charge on any atom is 0.354 e. The number of hydrogen-bond acceptors (Lipinski definition) is 9. The first kappa shape index (κ1) is 30.7. The van der Waals surface area contributed by atoms with Crippen LogP contribution in [0.3, 0.4) is 0 Å². The van der Waals surface area contributed by atoms with Crippen LogP contribution in [0.1, 0.15) is 37.9 Å². The second-order valence-electron chi connectivity index (χ2n) is 9.31. The monoisotopic (exact) mass is 565 g/mol. The fraction of sp³-hybridized carbons (Fsp3) is 0.286. The van der Waals surface area contributed by atoms with E-state index in [0.29, 0.717) is 17.8 Å². The third kappa shape index (κ3) is 9.67. The van der Waals surface area contributed by atoms with Crippen molar-refractivity contribution in [3.05, 3.63) is 89.0 Å². The normalized spacial score (nSPS) is 11.8. The molecule has 13 nitrogen and oxygen atoms in total. The number of aromatic nitrogens is 2. The van der Waals surface area contributed by atoms with Gasteiger partial charge in [-0.05, 0) is 48.4 Å². The third-order valence-electron chi connectivity index (χ3n) is 6.20. The standard InChI is InChI=1S/C28H31N5O8/c1-29-19-10-8-18(9-11-19)12-22(33(17-26(36)37)14-21-5-3-7-24(31-21)28(40)41)15-32(16-25(34)35)13-20-4-2-6-23(30-20)27(38)39/h2-11,22,29H,12-17H2,1H3,(H,34,35)(H,36,37)(H,38,39)(H,40,41)/t22-/m0/s1. The van der Waals surface area contributed by atoms with E-state index in [0.717, 1.165) is 11.3 Å². The van der Waals surface area contributed by atoms with Crippen molar-refractivity contribution in [2.24, 2.45) is 0 Å². The number of aliphatic carboxylic acids is 2. The number of carboxylic acids is 4. The Balaban J connectivity index is 1.98. The van der Waals surface area contributed by atoms with Gasteiger partial charge in [-0.25, -0.2) is 19.6 Å². The van der Waals surface area contributed by atoms with E-state index in [1.165, 1.54) is 24.3 Å². The molecule has 0 fully saturated rings. The Morgan fingerprint density at radius 2 is 1.29 bits per heavy atom. The van der Waals surface area contributed by atoms with E-state index in [4.69, 9.17) is 0 Å². The molecule has 5 N–H and O–H groups in total. The minimum atomic E-state index is -1.22. The quantitative estimate of drug-likeness (QED) is 0.169. The summed E-state index contributed by atoms with van der Waals surface area (Å²) in [6.07, 6.45) is 0.328. The van der Waals surface area contributed by atoms with Crippen LogP contribution >= 0.6 is 0 Å². The van der Waals surface area contributed by atoms with Crippen molar-refractivity contribution in [2.75, 3.05) is 32.0 Å². The average Bonchev–Trinajstić information content (AvgIpc) is 2.92. The van der Waals surface area contributed by atoms with Gasteiger partial charge in [0.15, 0.2) is 0 Å². The van der Waals surface area contributed by atoms with Gasteiger partial charge in [-0.3, -0.25) is 19.4 Å². The van der Waals surface area contributed by atoms with Crippen molar-refractivity contribution in [2.45, 2.75) is 25.6 Å². The van der Waals surface area contributed by atoms with Crippen molar-refractivity contribution >= 4 is 29.6 Å². The molecular formula is C28H31N5O8. The highest BCUT2D eigenvalue weighted by Crippen LogP contribution is 2.18. The number of anilines is 1. The minimum absolute atomic E-state index is 0.00370. The molecule has 2 heterocycles. The summed E-state index contributed by atoms with van der Waals surface area (Å²) in [7, 11) is 1.78. The van der Waals surface area contributed by atoms with Crippen molar-refractivity contribution in [1.82, 2.24) is 19.8 Å². The molecule has 0 saturated carbocycles. The largest absolute Gasteiger partial charge is 0.480 e. The summed E-state index contributed by atoms with van der Waals surface area (Å²) in [5, 5.41) is 41.1. The number of carbonyl (C=O) groups is 4. The summed E-state index contributed by atoms with van der Waals surface area (Å²) in [6.45, 7) is -0.782. The van der Waals surface area contributed by atoms with E-state index in [2.05, 4.69) is 15.3 Å². The van der Waals surface area contributed by atoms with E-state index in [-0.39, 0.29) is 31.0 Å². The van der Waals surface area contributed by atoms with Crippen molar-refractivity contribution in [3.63, 3.8) is 0 Å². The lowest BCUT2D eigenvalue weighted by atomic mass is 10.0. The topological polar surface area (TPSA) is 193 Å². The van der Waals surface area contributed by atoms with Crippen molar-refractivity contribution < 1.29 is 39.6 Å². The Kier molecular flexibility index (Phi) is 10.8. The number of benzene rings is 1. The van der Waals surface area contributed by atoms with Gasteiger partial charge in [-0.15, -0.1) is 0 Å². The predicted molar refractivity (Wildman–Crippen MR) is 147 cm³/mol. The highest BCUT2D eigenvalue weighted by molar-refractivity contribution is 5.85. The lowest BCUT2D eigenvalue weighted by Crippen LogP contribution is -2.48. The second-order valence-corrected chi connectivity index (χ2v) is 9.31. The molecule has 3 rings (SSSR count). The molecule has 3 aromatic rings. The first-order chi connectivity index (χ1) is 19.5. The molecule has 0 aliphatic rings. The van der Waals surface area contributed by atoms with Crippen LogP contribution in [0.15, 0.2) is 60.7 Å². The van der Waals surface area contributed by atoms with Crippen LogP contribution in [-0.4, -0.2) is 96.8 Å². The highest BCUT2D eigenvalue weighted by Gasteiger charge is 2.26. The molecule has 0 bridgehead atoms. The van der Waals surface area contributed by atoms with Gasteiger partial charge in [-0.2, -0.15) is 0 Å². The molecule has 0 saturated heterocycles. The van der Waals surface area contributed by atoms with Crippen LogP contribution in [0.2, 0.25) is 0 Å². The van der Waals surface area contributed by atoms with Crippen LogP contribution in [0, 0.1) is 0 Å². The molecule has 0 unspecified atom stereocenters. The number of nitrogens with one attached hydrogen (secondary N) is 1. The number of nitrogens with zero attached hydrogens (tertiary/aromatic N) is 4. The summed E-state index contributed by atoms with van der Waals surface area (Å²) in [4.78, 5) is 58.0. The van der Waals surface area contributed by atoms with Gasteiger partial charge in [0.05, 0.1) is 24.5 Å². The first-order valence-corrected chi connectivity index (χ1v) is 12.6. The lowest BCUT2D eigenvalue weighted by molar-refractivity contribution is -0.141. The molecule has 41 heavy (non-hydrogen) atoms. The van der Waals surface area contributed by atoms with E-state index in [9.17, 15) is 39.6 Å². The smallest absolute Gasteiger partial charge is 0.354 e. The van der Waals surface area contributed by atoms with Gasteiger partial charge in [-0.1, -0.05) is 24.3 Å². The molecule has 0 amide bonds. The molecule has 0 aliphatic heterocycles. The van der Waals surface area contributed by atoms with Gasteiger partial charge in [0.25, 0.3) is 0 Å². The summed E-state index contributed by atoms with van der Waals surface area (Å²) < 4.78 is 0. The fourth-order valence-electron chi connectivity index (χ4n) is 4.36. The Morgan fingerprint density at radius 3 is 1.78 bits per heavy atom. The molecule has 0 spiro atoms. The number of hydrogen-bond donors (Lipinski definition) is 5. The molecule has 0 radical (unpaired) electrons. The van der Waals surface area contributed by atoms with E-state index < -0.39 is 43.0 Å². The molecule has 2 aromatic heterocycles. The molecule has 216 valence electrons. The predicted octanol–water partition coefficient (Wildman–Crippen LogP) is 2.00. The average molecular weight is 566 g/mol. The third-order valence-corrected chi connectivity index (χ3v) is 6.20. The number of pyridine rings is 2. The molecule has 1 atom stereocenters. The first-order valence-electron chi connectivity index (χ1n) is 12.6. The van der Waals surface area contributed by atoms with Crippen molar-refractivity contribution in [1.29, 1.82) is 0 Å². The Bertz CT molecular complexity index is 1380. The number of rotatable bonds is 16. The van der Waals surface area contributed by atoms with Crippen molar-refractivity contribution in [3.8, 4) is 0 Å². The van der Waals surface area contributed by atoms with Crippen LogP contribution < -0.4 is 5.32 Å². The SMILES string of the molecule is CNc1ccc(C[C@@H](CN(CC(=O)O)Cc2cccc(C(=O)O)n2)N(CC(=O)O)Cc2cccc(C(=O)O)n2)cc1. The van der Waals surface area contributed by atoms with Crippen LogP contribution in [0.5, 0.6) is 0 Å². The number of aromatic carboxylic acids is 2. The maximum atomic E-state index is 11.9. The van der Waals surface area contributed by atoms with E-state index >= 15 is 0 Å². The van der Waals surface area contributed by atoms with E-state index in [1.54, 1.807) is 29.0 Å². The van der Waals surface area contributed by atoms with Crippen LogP contribution in [0.25, 0.3) is 0 Å². The second kappa shape index (κ2) is 14.5. The van der Waals surface area contributed by atoms with E-state index in [1.807, 2.05) is 24.3 Å². The fourth-order valence-corrected chi connectivity index (χ4v) is 4.36. The van der Waals surface area contributed by atoms with Gasteiger partial charge < -0.3 is 25.7 Å². The van der Waals surface area contributed by atoms with Gasteiger partial charge in [0.1, 0.15) is 11.4 Å². The summed E-state index contributed by atoms with van der Waals surface area (Å²) in [5.74, 6) is -4.70. The summed E-state index contributed by atoms with van der Waals surface area (Å²) in [6, 6.07) is 15.8. The molecule has 1 aromatic carbocycles. The van der Waals surface area contributed by atoms with Crippen LogP contribution in [-0.2, 0) is 29.1 Å². The highest BCUT2D eigenvalue weighted by atomic mass is 16.4. The summed E-state index contributed by atoms with van der Waals surface area (Å²) >= 11 is 0. The van der Waals surface area contributed by atoms with Crippen LogP contribution in [0.4, 0.5) is 5.69 Å². The Hall–Kier alpha value is -4.88. The summed E-state index contributed by atoms with van der Waals surface area (Å²) in [5.41, 5.74) is 2.04. The zero-order valence-corrected chi connectivity index (χ0v) is 22.3. The Morgan fingerprint density at radius 1 is 0.756 bits per heavy atom.